The monoisotopic (exact) mass is 328 g/mol. The van der Waals surface area contributed by atoms with Crippen molar-refractivity contribution in [1.82, 2.24) is 29.4 Å². The normalized spacial score (nSPS) is 20.0. The van der Waals surface area contributed by atoms with Gasteiger partial charge in [0, 0.05) is 38.8 Å². The van der Waals surface area contributed by atoms with E-state index < -0.39 is 0 Å². The highest BCUT2D eigenvalue weighted by Gasteiger charge is 2.24. The van der Waals surface area contributed by atoms with Crippen LogP contribution < -0.4 is 0 Å². The van der Waals surface area contributed by atoms with Gasteiger partial charge in [-0.25, -0.2) is 0 Å². The summed E-state index contributed by atoms with van der Waals surface area (Å²) in [6.45, 7) is 14.3. The highest BCUT2D eigenvalue weighted by Crippen LogP contribution is 2.20. The molecule has 6 heteroatoms. The summed E-state index contributed by atoms with van der Waals surface area (Å²) in [5.41, 5.74) is 5.44. The van der Waals surface area contributed by atoms with Crippen LogP contribution in [0.2, 0.25) is 0 Å². The van der Waals surface area contributed by atoms with Gasteiger partial charge in [-0.2, -0.15) is 10.2 Å². The number of aromatic nitrogens is 4. The zero-order chi connectivity index (χ0) is 16.7. The fourth-order valence-electron chi connectivity index (χ4n) is 3.95. The molecule has 0 saturated heterocycles. The summed E-state index contributed by atoms with van der Waals surface area (Å²) in [4.78, 5) is 5.20. The van der Waals surface area contributed by atoms with Crippen LogP contribution in [0.25, 0.3) is 0 Å². The van der Waals surface area contributed by atoms with E-state index in [0.29, 0.717) is 6.04 Å². The maximum Gasteiger partial charge on any atom is 0.0554 e. The summed E-state index contributed by atoms with van der Waals surface area (Å²) in [6.07, 6.45) is 5.23. The molecule has 2 aliphatic rings. The van der Waals surface area contributed by atoms with Crippen LogP contribution in [0.1, 0.15) is 35.9 Å². The van der Waals surface area contributed by atoms with Gasteiger partial charge in [0.2, 0.25) is 0 Å². The minimum absolute atomic E-state index is 0.612. The average Bonchev–Trinajstić information content (AvgIpc) is 3.16. The quantitative estimate of drug-likeness (QED) is 0.858. The fraction of sp³-hybridized carbons (Fsp3) is 0.667. The lowest BCUT2D eigenvalue weighted by molar-refractivity contribution is 0.130. The number of rotatable bonds is 4. The number of hydrogen-bond acceptors (Lipinski definition) is 4. The van der Waals surface area contributed by atoms with Gasteiger partial charge in [-0.1, -0.05) is 0 Å². The van der Waals surface area contributed by atoms with Crippen LogP contribution in [0.15, 0.2) is 12.4 Å². The second-order valence-electron chi connectivity index (χ2n) is 7.38. The van der Waals surface area contributed by atoms with Crippen molar-refractivity contribution < 1.29 is 0 Å². The second kappa shape index (κ2) is 6.33. The molecule has 0 amide bonds. The largest absolute Gasteiger partial charge is 0.296 e. The van der Waals surface area contributed by atoms with Crippen molar-refractivity contribution in [1.29, 1.82) is 0 Å². The van der Waals surface area contributed by atoms with Crippen LogP contribution in [0.4, 0.5) is 0 Å². The van der Waals surface area contributed by atoms with Crippen molar-refractivity contribution in [2.24, 2.45) is 0 Å². The molecule has 0 radical (unpaired) electrons. The first kappa shape index (κ1) is 15.8. The molecule has 1 unspecified atom stereocenters. The van der Waals surface area contributed by atoms with Crippen molar-refractivity contribution in [3.63, 3.8) is 0 Å². The third-order valence-electron chi connectivity index (χ3n) is 5.75. The third kappa shape index (κ3) is 2.89. The summed E-state index contributed by atoms with van der Waals surface area (Å²) in [6, 6.07) is 0.612. The molecule has 2 aromatic rings. The van der Waals surface area contributed by atoms with Crippen LogP contribution in [0.3, 0.4) is 0 Å². The van der Waals surface area contributed by atoms with Crippen molar-refractivity contribution in [2.45, 2.75) is 59.4 Å². The smallest absolute Gasteiger partial charge is 0.0554 e. The van der Waals surface area contributed by atoms with Gasteiger partial charge < -0.3 is 0 Å². The van der Waals surface area contributed by atoms with Crippen LogP contribution in [-0.4, -0.2) is 55.0 Å². The lowest BCUT2D eigenvalue weighted by Crippen LogP contribution is -2.42. The zero-order valence-electron chi connectivity index (χ0n) is 15.1. The molecule has 0 spiro atoms. The fourth-order valence-corrected chi connectivity index (χ4v) is 3.95. The molecule has 4 rings (SSSR count). The molecule has 1 atom stereocenters. The molecule has 4 heterocycles. The second-order valence-corrected chi connectivity index (χ2v) is 7.38. The van der Waals surface area contributed by atoms with E-state index in [4.69, 9.17) is 0 Å². The average molecular weight is 328 g/mol. The Morgan fingerprint density at radius 2 is 1.54 bits per heavy atom. The van der Waals surface area contributed by atoms with E-state index in [2.05, 4.69) is 50.1 Å². The van der Waals surface area contributed by atoms with Crippen LogP contribution >= 0.6 is 0 Å². The van der Waals surface area contributed by atoms with Gasteiger partial charge >= 0.3 is 0 Å². The topological polar surface area (TPSA) is 42.1 Å². The summed E-state index contributed by atoms with van der Waals surface area (Å²) in [5, 5.41) is 8.92. The highest BCUT2D eigenvalue weighted by molar-refractivity contribution is 5.17. The molecule has 2 aliphatic heterocycles. The Morgan fingerprint density at radius 1 is 0.917 bits per heavy atom. The number of hydrogen-bond donors (Lipinski definition) is 0. The van der Waals surface area contributed by atoms with Gasteiger partial charge in [0.15, 0.2) is 0 Å². The molecule has 0 aromatic carbocycles. The van der Waals surface area contributed by atoms with Crippen molar-refractivity contribution in [3.8, 4) is 0 Å². The first-order valence-corrected chi connectivity index (χ1v) is 9.11. The predicted molar refractivity (Wildman–Crippen MR) is 93.7 cm³/mol. The molecule has 0 N–H and O–H groups in total. The van der Waals surface area contributed by atoms with Gasteiger partial charge in [-0.05, 0) is 38.3 Å². The molecular formula is C18H28N6. The number of nitrogens with zero attached hydrogens (tertiary/aromatic N) is 6. The molecule has 0 aliphatic carbocycles. The van der Waals surface area contributed by atoms with Crippen molar-refractivity contribution in [3.05, 3.63) is 34.9 Å². The standard InChI is InChI=1S/C18H28N6/c1-14-10-19-23-8-6-21(12-17(14)23)5-4-16(3)22-7-9-24-18(13-22)15(2)11-20-24/h10-11,16H,4-9,12-13H2,1-3H3. The molecule has 0 saturated carbocycles. The Hall–Kier alpha value is -1.66. The first-order chi connectivity index (χ1) is 11.6. The molecular weight excluding hydrogens is 300 g/mol. The van der Waals surface area contributed by atoms with E-state index >= 15 is 0 Å². The van der Waals surface area contributed by atoms with Crippen LogP contribution in [-0.2, 0) is 26.2 Å². The lowest BCUT2D eigenvalue weighted by atomic mass is 10.1. The molecule has 0 bridgehead atoms. The number of aryl methyl sites for hydroxylation is 2. The Bertz CT molecular complexity index is 715. The lowest BCUT2D eigenvalue weighted by Gasteiger charge is -2.35. The zero-order valence-corrected chi connectivity index (χ0v) is 15.1. The van der Waals surface area contributed by atoms with Crippen molar-refractivity contribution >= 4 is 0 Å². The minimum Gasteiger partial charge on any atom is -0.296 e. The van der Waals surface area contributed by atoms with Gasteiger partial charge in [0.05, 0.1) is 36.9 Å². The maximum atomic E-state index is 4.47. The molecule has 2 aromatic heterocycles. The van der Waals surface area contributed by atoms with Gasteiger partial charge in [-0.15, -0.1) is 0 Å². The predicted octanol–water partition coefficient (Wildman–Crippen LogP) is 1.81. The van der Waals surface area contributed by atoms with E-state index in [9.17, 15) is 0 Å². The maximum absolute atomic E-state index is 4.47. The summed E-state index contributed by atoms with van der Waals surface area (Å²) in [7, 11) is 0. The molecule has 6 nitrogen and oxygen atoms in total. The minimum atomic E-state index is 0.612. The summed E-state index contributed by atoms with van der Waals surface area (Å²) >= 11 is 0. The Kier molecular flexibility index (Phi) is 4.18. The Morgan fingerprint density at radius 3 is 2.25 bits per heavy atom. The third-order valence-corrected chi connectivity index (χ3v) is 5.75. The SMILES string of the molecule is Cc1cnn2c1CN(CCC(C)N1CCn3ncc(C)c3C1)CC2. The highest BCUT2D eigenvalue weighted by atomic mass is 15.3. The summed E-state index contributed by atoms with van der Waals surface area (Å²) in [5.74, 6) is 0. The van der Waals surface area contributed by atoms with Crippen LogP contribution in [0, 0.1) is 13.8 Å². The molecule has 130 valence electrons. The Balaban J connectivity index is 1.32. The van der Waals surface area contributed by atoms with E-state index in [1.807, 2.05) is 12.4 Å². The van der Waals surface area contributed by atoms with E-state index in [-0.39, 0.29) is 0 Å². The van der Waals surface area contributed by atoms with E-state index in [1.54, 1.807) is 0 Å². The summed E-state index contributed by atoms with van der Waals surface area (Å²) < 4.78 is 4.34. The van der Waals surface area contributed by atoms with Crippen molar-refractivity contribution in [2.75, 3.05) is 19.6 Å². The number of fused-ring (bicyclic) bond motifs is 2. The first-order valence-electron chi connectivity index (χ1n) is 9.11. The Labute approximate surface area is 144 Å². The van der Waals surface area contributed by atoms with Gasteiger partial charge in [-0.3, -0.25) is 19.2 Å². The van der Waals surface area contributed by atoms with E-state index in [1.165, 1.54) is 35.5 Å². The molecule has 24 heavy (non-hydrogen) atoms. The van der Waals surface area contributed by atoms with Crippen LogP contribution in [0.5, 0.6) is 0 Å². The molecule has 0 fully saturated rings. The van der Waals surface area contributed by atoms with Gasteiger partial charge in [0.1, 0.15) is 0 Å². The van der Waals surface area contributed by atoms with Gasteiger partial charge in [0.25, 0.3) is 0 Å². The van der Waals surface area contributed by atoms with E-state index in [0.717, 1.165) is 39.3 Å².